The lowest BCUT2D eigenvalue weighted by molar-refractivity contribution is 0.599. The van der Waals surface area contributed by atoms with Gasteiger partial charge in [0, 0.05) is 18.5 Å². The molecule has 1 aromatic carbocycles. The molecule has 102 valence electrons. The van der Waals surface area contributed by atoms with Crippen molar-refractivity contribution in [2.75, 3.05) is 4.72 Å². The number of rotatable bonds is 3. The topological polar surface area (TPSA) is 108 Å². The maximum atomic E-state index is 12.1. The first-order valence-electron chi connectivity index (χ1n) is 5.71. The Balaban J connectivity index is 2.02. The lowest BCUT2D eigenvalue weighted by Gasteiger charge is -2.03. The van der Waals surface area contributed by atoms with Crippen LogP contribution in [-0.2, 0) is 10.0 Å². The molecular weight excluding hydrogens is 280 g/mol. The van der Waals surface area contributed by atoms with Crippen LogP contribution < -0.4 is 10.2 Å². The molecule has 3 aromatic rings. The van der Waals surface area contributed by atoms with Crippen LogP contribution in [0.1, 0.15) is 0 Å². The zero-order chi connectivity index (χ0) is 14.2. The minimum absolute atomic E-state index is 0.0643. The zero-order valence-electron chi connectivity index (χ0n) is 10.1. The molecule has 0 aliphatic carbocycles. The second-order valence-corrected chi connectivity index (χ2v) is 5.73. The molecule has 0 aliphatic heterocycles. The van der Waals surface area contributed by atoms with Gasteiger partial charge < -0.3 is 9.97 Å². The Morgan fingerprint density at radius 2 is 1.95 bits per heavy atom. The average Bonchev–Trinajstić information content (AvgIpc) is 2.80. The second-order valence-electron chi connectivity index (χ2n) is 4.08. The largest absolute Gasteiger partial charge is 0.366 e. The van der Waals surface area contributed by atoms with Crippen LogP contribution in [0.5, 0.6) is 0 Å². The number of anilines is 1. The first-order valence-corrected chi connectivity index (χ1v) is 7.19. The summed E-state index contributed by atoms with van der Waals surface area (Å²) in [5, 5.41) is 0. The van der Waals surface area contributed by atoms with Crippen molar-refractivity contribution < 1.29 is 8.42 Å². The van der Waals surface area contributed by atoms with Gasteiger partial charge in [-0.05, 0) is 12.1 Å². The number of para-hydroxylation sites is 2. The van der Waals surface area contributed by atoms with Crippen molar-refractivity contribution in [2.24, 2.45) is 0 Å². The van der Waals surface area contributed by atoms with Crippen molar-refractivity contribution >= 4 is 27.0 Å². The molecule has 0 atom stereocenters. The van der Waals surface area contributed by atoms with Gasteiger partial charge in [-0.15, -0.1) is 0 Å². The summed E-state index contributed by atoms with van der Waals surface area (Å²) < 4.78 is 26.5. The molecule has 0 spiro atoms. The van der Waals surface area contributed by atoms with E-state index in [1.807, 2.05) is 0 Å². The third kappa shape index (κ3) is 2.16. The first kappa shape index (κ1) is 12.4. The number of nitrogens with zero attached hydrogens (tertiary/aromatic N) is 1. The molecule has 0 aliphatic rings. The van der Waals surface area contributed by atoms with Gasteiger partial charge in [0.05, 0.1) is 11.0 Å². The fraction of sp³-hybridized carbons (Fsp3) is 0. The van der Waals surface area contributed by atoms with Crippen molar-refractivity contribution in [3.8, 4) is 0 Å². The molecular formula is C12H10N4O3S. The predicted octanol–water partition coefficient (Wildman–Crippen LogP) is 1.05. The number of hydrogen-bond donors (Lipinski definition) is 3. The molecule has 3 N–H and O–H groups in total. The van der Waals surface area contributed by atoms with Crippen LogP contribution in [0.3, 0.4) is 0 Å². The first-order chi connectivity index (χ1) is 9.56. The van der Waals surface area contributed by atoms with E-state index in [1.165, 1.54) is 6.20 Å². The third-order valence-corrected chi connectivity index (χ3v) is 4.06. The van der Waals surface area contributed by atoms with Gasteiger partial charge in [-0.25, -0.2) is 18.1 Å². The fourth-order valence-electron chi connectivity index (χ4n) is 1.79. The summed E-state index contributed by atoms with van der Waals surface area (Å²) in [6, 6.07) is 8.27. The SMILES string of the molecule is O=c1cc[nH]cc1S(=O)(=O)Nc1nc2ccccc2[nH]1. The highest BCUT2D eigenvalue weighted by Crippen LogP contribution is 2.15. The predicted molar refractivity (Wildman–Crippen MR) is 74.0 cm³/mol. The molecule has 0 radical (unpaired) electrons. The Kier molecular flexibility index (Phi) is 2.79. The maximum absolute atomic E-state index is 12.1. The number of aromatic nitrogens is 3. The number of nitrogens with one attached hydrogen (secondary N) is 3. The van der Waals surface area contributed by atoms with Gasteiger partial charge in [0.15, 0.2) is 4.90 Å². The Morgan fingerprint density at radius 1 is 1.15 bits per heavy atom. The molecule has 0 saturated heterocycles. The molecule has 0 unspecified atom stereocenters. The van der Waals surface area contributed by atoms with E-state index in [0.29, 0.717) is 11.0 Å². The molecule has 0 amide bonds. The summed E-state index contributed by atoms with van der Waals surface area (Å²) >= 11 is 0. The van der Waals surface area contributed by atoms with Crippen molar-refractivity contribution in [2.45, 2.75) is 4.90 Å². The van der Waals surface area contributed by atoms with E-state index in [-0.39, 0.29) is 10.8 Å². The standard InChI is InChI=1S/C12H10N4O3S/c17-10-5-6-13-7-11(10)20(18,19)16-12-14-8-3-1-2-4-9(8)15-12/h1-7H,(H,13,17)(H2,14,15,16). The Hall–Kier alpha value is -2.61. The number of H-pyrrole nitrogens is 2. The molecule has 8 heteroatoms. The van der Waals surface area contributed by atoms with Crippen LogP contribution in [-0.4, -0.2) is 23.4 Å². The van der Waals surface area contributed by atoms with Gasteiger partial charge in [0.25, 0.3) is 10.0 Å². The average molecular weight is 290 g/mol. The summed E-state index contributed by atoms with van der Waals surface area (Å²) in [6.07, 6.45) is 2.50. The van der Waals surface area contributed by atoms with E-state index >= 15 is 0 Å². The van der Waals surface area contributed by atoms with E-state index in [0.717, 1.165) is 12.3 Å². The van der Waals surface area contributed by atoms with Gasteiger partial charge in [-0.1, -0.05) is 12.1 Å². The molecule has 0 bridgehead atoms. The highest BCUT2D eigenvalue weighted by Gasteiger charge is 2.19. The highest BCUT2D eigenvalue weighted by molar-refractivity contribution is 7.92. The summed E-state index contributed by atoms with van der Waals surface area (Å²) in [4.78, 5) is 20.7. The lowest BCUT2D eigenvalue weighted by Crippen LogP contribution is -2.21. The van der Waals surface area contributed by atoms with Crippen LogP contribution in [0.25, 0.3) is 11.0 Å². The molecule has 3 rings (SSSR count). The van der Waals surface area contributed by atoms with E-state index in [1.54, 1.807) is 24.3 Å². The van der Waals surface area contributed by atoms with Gasteiger partial charge in [0.1, 0.15) is 0 Å². The summed E-state index contributed by atoms with van der Waals surface area (Å²) in [7, 11) is -3.98. The van der Waals surface area contributed by atoms with Crippen molar-refractivity contribution in [1.82, 2.24) is 15.0 Å². The molecule has 7 nitrogen and oxygen atoms in total. The van der Waals surface area contributed by atoms with E-state index in [2.05, 4.69) is 19.7 Å². The van der Waals surface area contributed by atoms with Crippen LogP contribution in [0, 0.1) is 0 Å². The number of fused-ring (bicyclic) bond motifs is 1. The minimum atomic E-state index is -3.98. The molecule has 20 heavy (non-hydrogen) atoms. The molecule has 0 fully saturated rings. The quantitative estimate of drug-likeness (QED) is 0.670. The number of aromatic amines is 2. The summed E-state index contributed by atoms with van der Waals surface area (Å²) in [5.74, 6) is 0.0643. The third-order valence-electron chi connectivity index (χ3n) is 2.70. The van der Waals surface area contributed by atoms with Gasteiger partial charge in [0.2, 0.25) is 11.4 Å². The number of pyridine rings is 1. The normalized spacial score (nSPS) is 11.6. The summed E-state index contributed by atoms with van der Waals surface area (Å²) in [5.41, 5.74) is 0.742. The fourth-order valence-corrected chi connectivity index (χ4v) is 2.81. The van der Waals surface area contributed by atoms with Crippen LogP contribution >= 0.6 is 0 Å². The lowest BCUT2D eigenvalue weighted by atomic mass is 10.3. The van der Waals surface area contributed by atoms with Crippen molar-refractivity contribution in [1.29, 1.82) is 0 Å². The smallest absolute Gasteiger partial charge is 0.269 e. The number of benzene rings is 1. The molecule has 2 heterocycles. The van der Waals surface area contributed by atoms with Gasteiger partial charge in [-0.2, -0.15) is 0 Å². The van der Waals surface area contributed by atoms with Crippen molar-refractivity contribution in [3.05, 3.63) is 52.9 Å². The Labute approximate surface area is 113 Å². The number of imidazole rings is 1. The van der Waals surface area contributed by atoms with Crippen LogP contribution in [0.4, 0.5) is 5.95 Å². The number of sulfonamides is 1. The molecule has 0 saturated carbocycles. The Bertz CT molecular complexity index is 894. The van der Waals surface area contributed by atoms with Crippen LogP contribution in [0.15, 0.2) is 52.4 Å². The van der Waals surface area contributed by atoms with Crippen LogP contribution in [0.2, 0.25) is 0 Å². The van der Waals surface area contributed by atoms with Crippen molar-refractivity contribution in [3.63, 3.8) is 0 Å². The van der Waals surface area contributed by atoms with E-state index in [9.17, 15) is 13.2 Å². The monoisotopic (exact) mass is 290 g/mol. The Morgan fingerprint density at radius 3 is 2.70 bits per heavy atom. The second kappa shape index (κ2) is 4.49. The van der Waals surface area contributed by atoms with Gasteiger partial charge in [-0.3, -0.25) is 4.79 Å². The summed E-state index contributed by atoms with van der Waals surface area (Å²) in [6.45, 7) is 0. The van der Waals surface area contributed by atoms with E-state index in [4.69, 9.17) is 0 Å². The van der Waals surface area contributed by atoms with E-state index < -0.39 is 15.5 Å². The minimum Gasteiger partial charge on any atom is -0.366 e. The highest BCUT2D eigenvalue weighted by atomic mass is 32.2. The molecule has 2 aromatic heterocycles. The zero-order valence-corrected chi connectivity index (χ0v) is 10.9. The number of hydrogen-bond acceptors (Lipinski definition) is 4. The van der Waals surface area contributed by atoms with Gasteiger partial charge >= 0.3 is 0 Å². The maximum Gasteiger partial charge on any atom is 0.269 e.